The molecule has 0 unspecified atom stereocenters. The van der Waals surface area contributed by atoms with Gasteiger partial charge in [0.1, 0.15) is 18.3 Å². The van der Waals surface area contributed by atoms with Crippen molar-refractivity contribution in [1.82, 2.24) is 19.5 Å². The van der Waals surface area contributed by atoms with Gasteiger partial charge in [-0.2, -0.15) is 4.98 Å². The van der Waals surface area contributed by atoms with Gasteiger partial charge >= 0.3 is 0 Å². The van der Waals surface area contributed by atoms with Crippen LogP contribution in [0.4, 0.5) is 5.95 Å². The molecule has 0 aromatic carbocycles. The molecule has 2 aromatic heterocycles. The first-order valence-electron chi connectivity index (χ1n) is 9.71. The van der Waals surface area contributed by atoms with Crippen molar-refractivity contribution in [3.8, 4) is 0 Å². The molecule has 15 nitrogen and oxygen atoms in total. The molecular weight excluding hydrogens is 428 g/mol. The molecule has 1 aliphatic heterocycles. The third-order valence-corrected chi connectivity index (χ3v) is 4.82. The molecule has 1 fully saturated rings. The maximum absolute atomic E-state index is 12.3. The fourth-order valence-corrected chi connectivity index (χ4v) is 3.18. The van der Waals surface area contributed by atoms with Crippen LogP contribution in [-0.2, 0) is 14.3 Å². The van der Waals surface area contributed by atoms with Crippen LogP contribution in [0.1, 0.15) is 25.5 Å². The monoisotopic (exact) mass is 452 g/mol. The van der Waals surface area contributed by atoms with Crippen molar-refractivity contribution < 1.29 is 29.6 Å². The van der Waals surface area contributed by atoms with Crippen LogP contribution in [0, 0.1) is 0 Å². The fourth-order valence-electron chi connectivity index (χ4n) is 3.18. The van der Waals surface area contributed by atoms with Gasteiger partial charge in [0.2, 0.25) is 11.7 Å². The van der Waals surface area contributed by atoms with Gasteiger partial charge in [-0.25, -0.2) is 4.98 Å². The number of amides is 1. The molecule has 3 rings (SSSR count). The summed E-state index contributed by atoms with van der Waals surface area (Å²) in [6.07, 6.45) is -3.03. The number of aromatic nitrogens is 4. The predicted molar refractivity (Wildman–Crippen MR) is 109 cm³/mol. The molecule has 3 heterocycles. The second-order valence-corrected chi connectivity index (χ2v) is 7.11. The normalized spacial score (nSPS) is 22.7. The number of ether oxygens (including phenoxy) is 1. The number of hydrogen-bond acceptors (Lipinski definition) is 10. The van der Waals surface area contributed by atoms with E-state index in [1.807, 2.05) is 0 Å². The Balaban J connectivity index is 1.73. The van der Waals surface area contributed by atoms with E-state index in [0.717, 1.165) is 0 Å². The van der Waals surface area contributed by atoms with E-state index in [4.69, 9.17) is 16.2 Å². The van der Waals surface area contributed by atoms with Gasteiger partial charge in [-0.3, -0.25) is 34.2 Å². The highest BCUT2D eigenvalue weighted by molar-refractivity contribution is 6.40. The summed E-state index contributed by atoms with van der Waals surface area (Å²) >= 11 is 0. The second kappa shape index (κ2) is 9.82. The van der Waals surface area contributed by atoms with Crippen LogP contribution in [0.2, 0.25) is 0 Å². The molecule has 1 saturated heterocycles. The Morgan fingerprint density at radius 1 is 1.28 bits per heavy atom. The van der Waals surface area contributed by atoms with Gasteiger partial charge in [-0.1, -0.05) is 0 Å². The van der Waals surface area contributed by atoms with E-state index in [1.165, 1.54) is 10.9 Å². The fraction of sp³-hybridized carbons (Fsp3) is 0.529. The molecule has 174 valence electrons. The van der Waals surface area contributed by atoms with Crippen molar-refractivity contribution in [1.29, 1.82) is 0 Å². The SMILES string of the molecule is NC(N)=NCCCCC(=O)C(=O)Nc1nc2c(ncn2[C@@H]2O[C@H](CO)[C@@H](O)[C@H]2O)c(=O)[nH]1. The highest BCUT2D eigenvalue weighted by Gasteiger charge is 2.44. The number of Topliss-reactive ketones (excluding diaryl/α,β-unsaturated/α-hetero) is 1. The zero-order valence-electron chi connectivity index (χ0n) is 16.8. The number of carbonyl (C=O) groups is 2. The van der Waals surface area contributed by atoms with Gasteiger partial charge in [-0.15, -0.1) is 0 Å². The van der Waals surface area contributed by atoms with Gasteiger partial charge in [0.05, 0.1) is 12.9 Å². The number of hydrogen-bond donors (Lipinski definition) is 7. The van der Waals surface area contributed by atoms with Crippen LogP contribution in [0.15, 0.2) is 16.1 Å². The number of H-pyrrole nitrogens is 1. The predicted octanol–water partition coefficient (Wildman–Crippen LogP) is -3.32. The Morgan fingerprint density at radius 2 is 2.03 bits per heavy atom. The summed E-state index contributed by atoms with van der Waals surface area (Å²) in [5, 5.41) is 31.6. The number of nitrogens with two attached hydrogens (primary N) is 2. The highest BCUT2D eigenvalue weighted by Crippen LogP contribution is 2.30. The lowest BCUT2D eigenvalue weighted by atomic mass is 10.1. The Kier molecular flexibility index (Phi) is 7.14. The maximum Gasteiger partial charge on any atom is 0.294 e. The van der Waals surface area contributed by atoms with E-state index in [-0.39, 0.29) is 29.5 Å². The van der Waals surface area contributed by atoms with Gasteiger partial charge < -0.3 is 31.5 Å². The summed E-state index contributed by atoms with van der Waals surface area (Å²) in [7, 11) is 0. The molecule has 0 spiro atoms. The zero-order valence-corrected chi connectivity index (χ0v) is 16.8. The van der Waals surface area contributed by atoms with E-state index in [2.05, 4.69) is 25.3 Å². The topological polar surface area (TPSA) is 244 Å². The Labute approximate surface area is 180 Å². The summed E-state index contributed by atoms with van der Waals surface area (Å²) in [4.78, 5) is 50.6. The zero-order chi connectivity index (χ0) is 23.4. The number of aliphatic hydroxyl groups is 3. The lowest BCUT2D eigenvalue weighted by Gasteiger charge is -2.16. The third kappa shape index (κ3) is 4.91. The molecule has 0 bridgehead atoms. The standard InChI is InChI=1S/C17H24N8O7/c18-16(19)20-4-2-1-3-7(27)13(30)23-17-22-12-9(14(31)24-17)21-6-25(12)15-11(29)10(28)8(5-26)32-15/h6,8,10-11,15,26,28-29H,1-5H2,(H4,18,19,20)(H2,22,23,24,30,31)/t8-,10-,11-,15-/m1/s1. The van der Waals surface area contributed by atoms with Crippen LogP contribution >= 0.6 is 0 Å². The van der Waals surface area contributed by atoms with E-state index < -0.39 is 48.4 Å². The van der Waals surface area contributed by atoms with Crippen LogP contribution < -0.4 is 22.3 Å². The lowest BCUT2D eigenvalue weighted by molar-refractivity contribution is -0.134. The molecule has 1 aliphatic rings. The lowest BCUT2D eigenvalue weighted by Crippen LogP contribution is -2.33. The number of aliphatic hydroxyl groups excluding tert-OH is 3. The number of rotatable bonds is 9. The van der Waals surface area contributed by atoms with Crippen LogP contribution in [0.3, 0.4) is 0 Å². The summed E-state index contributed by atoms with van der Waals surface area (Å²) in [6.45, 7) is -0.210. The number of unbranched alkanes of at least 4 members (excludes halogenated alkanes) is 1. The molecular formula is C17H24N8O7. The maximum atomic E-state index is 12.3. The van der Waals surface area contributed by atoms with E-state index in [1.54, 1.807) is 0 Å². The average Bonchev–Trinajstić information content (AvgIpc) is 3.28. The third-order valence-electron chi connectivity index (χ3n) is 4.82. The van der Waals surface area contributed by atoms with E-state index in [0.29, 0.717) is 19.4 Å². The first-order chi connectivity index (χ1) is 15.2. The molecule has 9 N–H and O–H groups in total. The number of aromatic amines is 1. The number of nitrogens with zero attached hydrogens (tertiary/aromatic N) is 4. The van der Waals surface area contributed by atoms with E-state index >= 15 is 0 Å². The molecule has 2 aromatic rings. The number of ketones is 1. The Bertz CT molecular complexity index is 1080. The average molecular weight is 452 g/mol. The first kappa shape index (κ1) is 23.3. The van der Waals surface area contributed by atoms with Gasteiger partial charge in [0, 0.05) is 13.0 Å². The number of anilines is 1. The van der Waals surface area contributed by atoms with Crippen molar-refractivity contribution in [3.05, 3.63) is 16.7 Å². The second-order valence-electron chi connectivity index (χ2n) is 7.11. The van der Waals surface area contributed by atoms with Crippen molar-refractivity contribution in [3.63, 3.8) is 0 Å². The quantitative estimate of drug-likeness (QED) is 0.0858. The van der Waals surface area contributed by atoms with Crippen LogP contribution in [-0.4, -0.2) is 84.0 Å². The van der Waals surface area contributed by atoms with Crippen molar-refractivity contribution in [2.75, 3.05) is 18.5 Å². The van der Waals surface area contributed by atoms with Gasteiger partial charge in [0.15, 0.2) is 23.4 Å². The number of carbonyl (C=O) groups excluding carboxylic acids is 2. The minimum Gasteiger partial charge on any atom is -0.394 e. The first-order valence-corrected chi connectivity index (χ1v) is 9.71. The van der Waals surface area contributed by atoms with Crippen molar-refractivity contribution >= 4 is 34.8 Å². The number of nitrogens with one attached hydrogen (secondary N) is 2. The Hall–Kier alpha value is -3.40. The largest absolute Gasteiger partial charge is 0.394 e. The minimum atomic E-state index is -1.43. The van der Waals surface area contributed by atoms with Crippen molar-refractivity contribution in [2.24, 2.45) is 16.5 Å². The highest BCUT2D eigenvalue weighted by atomic mass is 16.6. The molecule has 15 heteroatoms. The van der Waals surface area contributed by atoms with Crippen LogP contribution in [0.25, 0.3) is 11.2 Å². The van der Waals surface area contributed by atoms with E-state index in [9.17, 15) is 29.7 Å². The molecule has 1 amide bonds. The summed E-state index contributed by atoms with van der Waals surface area (Å²) < 4.78 is 6.61. The van der Waals surface area contributed by atoms with Crippen molar-refractivity contribution in [2.45, 2.75) is 43.8 Å². The van der Waals surface area contributed by atoms with Crippen LogP contribution in [0.5, 0.6) is 0 Å². The van der Waals surface area contributed by atoms with Gasteiger partial charge in [0.25, 0.3) is 11.5 Å². The van der Waals surface area contributed by atoms with Gasteiger partial charge in [-0.05, 0) is 12.8 Å². The summed E-state index contributed by atoms with van der Waals surface area (Å²) in [6, 6.07) is 0. The number of fused-ring (bicyclic) bond motifs is 1. The number of imidazole rings is 1. The molecule has 0 aliphatic carbocycles. The molecule has 0 saturated carbocycles. The molecule has 4 atom stereocenters. The number of guanidine groups is 1. The number of aliphatic imine (C=N–C) groups is 1. The summed E-state index contributed by atoms with van der Waals surface area (Å²) in [5.41, 5.74) is 9.51. The molecule has 32 heavy (non-hydrogen) atoms. The minimum absolute atomic E-state index is 0.0568. The smallest absolute Gasteiger partial charge is 0.294 e. The Morgan fingerprint density at radius 3 is 2.69 bits per heavy atom. The molecule has 0 radical (unpaired) electrons. The summed E-state index contributed by atoms with van der Waals surface area (Å²) in [5.74, 6) is -2.08.